The van der Waals surface area contributed by atoms with Crippen LogP contribution in [0.5, 0.6) is 0 Å². The van der Waals surface area contributed by atoms with Gasteiger partial charge in [0.05, 0.1) is 24.3 Å². The molecule has 0 N–H and O–H groups in total. The first-order valence-corrected chi connectivity index (χ1v) is 7.27. The Hall–Kier alpha value is -1.72. The van der Waals surface area contributed by atoms with Crippen LogP contribution in [0.4, 0.5) is 0 Å². The maximum absolute atomic E-state index is 12.4. The molecule has 0 bridgehead atoms. The van der Waals surface area contributed by atoms with Crippen LogP contribution in [0.2, 0.25) is 0 Å². The molecule has 1 aromatic carbocycles. The number of fused-ring (bicyclic) bond motifs is 1. The van der Waals surface area contributed by atoms with Crippen molar-refractivity contribution in [1.29, 1.82) is 0 Å². The second-order valence-electron chi connectivity index (χ2n) is 5.76. The molecule has 21 heavy (non-hydrogen) atoms. The predicted octanol–water partition coefficient (Wildman–Crippen LogP) is 2.21. The summed E-state index contributed by atoms with van der Waals surface area (Å²) in [7, 11) is 0. The van der Waals surface area contributed by atoms with Gasteiger partial charge in [-0.3, -0.25) is 14.5 Å². The monoisotopic (exact) mass is 289 g/mol. The summed E-state index contributed by atoms with van der Waals surface area (Å²) < 4.78 is 11.3. The summed E-state index contributed by atoms with van der Waals surface area (Å²) in [6, 6.07) is 6.65. The zero-order valence-electron chi connectivity index (χ0n) is 12.3. The van der Waals surface area contributed by atoms with E-state index in [-0.39, 0.29) is 17.9 Å². The molecule has 0 aromatic heterocycles. The number of hydrogen-bond donors (Lipinski definition) is 0. The summed E-state index contributed by atoms with van der Waals surface area (Å²) >= 11 is 0. The van der Waals surface area contributed by atoms with Crippen LogP contribution >= 0.6 is 0 Å². The fourth-order valence-electron chi connectivity index (χ4n) is 3.03. The first-order valence-electron chi connectivity index (χ1n) is 7.27. The van der Waals surface area contributed by atoms with E-state index in [0.29, 0.717) is 30.8 Å². The molecule has 1 fully saturated rings. The highest BCUT2D eigenvalue weighted by Gasteiger charge is 2.41. The van der Waals surface area contributed by atoms with Crippen molar-refractivity contribution < 1.29 is 19.1 Å². The van der Waals surface area contributed by atoms with Gasteiger partial charge in [-0.25, -0.2) is 0 Å². The van der Waals surface area contributed by atoms with Crippen LogP contribution in [0.3, 0.4) is 0 Å². The topological polar surface area (TPSA) is 55.8 Å². The van der Waals surface area contributed by atoms with Crippen molar-refractivity contribution in [1.82, 2.24) is 4.90 Å². The molecule has 0 unspecified atom stereocenters. The lowest BCUT2D eigenvalue weighted by molar-refractivity contribution is -0.262. The van der Waals surface area contributed by atoms with Crippen LogP contribution in [-0.2, 0) is 9.47 Å². The van der Waals surface area contributed by atoms with Gasteiger partial charge in [-0.05, 0) is 32.4 Å². The van der Waals surface area contributed by atoms with Crippen LogP contribution in [0, 0.1) is 0 Å². The molecule has 0 saturated carbocycles. The number of carbonyl (C=O) groups is 2. The molecule has 1 aromatic rings. The van der Waals surface area contributed by atoms with Crippen molar-refractivity contribution in [2.24, 2.45) is 0 Å². The van der Waals surface area contributed by atoms with E-state index in [1.54, 1.807) is 24.3 Å². The fraction of sp³-hybridized carbons (Fsp3) is 0.500. The largest absolute Gasteiger partial charge is 0.350 e. The molecule has 0 aliphatic carbocycles. The van der Waals surface area contributed by atoms with E-state index in [1.807, 2.05) is 13.8 Å². The minimum atomic E-state index is -0.729. The Morgan fingerprint density at radius 1 is 1.14 bits per heavy atom. The zero-order chi connectivity index (χ0) is 15.0. The van der Waals surface area contributed by atoms with E-state index in [0.717, 1.165) is 6.42 Å². The lowest BCUT2D eigenvalue weighted by Gasteiger charge is -2.37. The van der Waals surface area contributed by atoms with Gasteiger partial charge < -0.3 is 9.47 Å². The summed E-state index contributed by atoms with van der Waals surface area (Å²) in [5.41, 5.74) is 0.954. The van der Waals surface area contributed by atoms with Crippen molar-refractivity contribution in [3.05, 3.63) is 35.4 Å². The van der Waals surface area contributed by atoms with Gasteiger partial charge in [-0.15, -0.1) is 0 Å². The van der Waals surface area contributed by atoms with Gasteiger partial charge in [0.25, 0.3) is 11.8 Å². The van der Waals surface area contributed by atoms with E-state index in [4.69, 9.17) is 9.47 Å². The van der Waals surface area contributed by atoms with E-state index in [1.165, 1.54) is 4.90 Å². The SMILES string of the molecule is C[C@H](CC1(C)OCCCO1)N1C(=O)c2ccccc2C1=O. The number of ether oxygens (including phenoxy) is 2. The molecule has 0 spiro atoms. The summed E-state index contributed by atoms with van der Waals surface area (Å²) in [4.78, 5) is 26.2. The molecule has 5 nitrogen and oxygen atoms in total. The first-order chi connectivity index (χ1) is 10.0. The second-order valence-corrected chi connectivity index (χ2v) is 5.76. The summed E-state index contributed by atoms with van der Waals surface area (Å²) in [5, 5.41) is 0. The third kappa shape index (κ3) is 2.47. The van der Waals surface area contributed by atoms with Crippen LogP contribution < -0.4 is 0 Å². The van der Waals surface area contributed by atoms with E-state index in [2.05, 4.69) is 0 Å². The number of amides is 2. The molecule has 3 rings (SSSR count). The van der Waals surface area contributed by atoms with Gasteiger partial charge in [0.15, 0.2) is 5.79 Å². The van der Waals surface area contributed by atoms with E-state index >= 15 is 0 Å². The van der Waals surface area contributed by atoms with Gasteiger partial charge in [0.1, 0.15) is 0 Å². The Bertz CT molecular complexity index is 542. The van der Waals surface area contributed by atoms with E-state index in [9.17, 15) is 9.59 Å². The average Bonchev–Trinajstić information content (AvgIpc) is 2.72. The number of rotatable bonds is 3. The number of imide groups is 1. The van der Waals surface area contributed by atoms with Crippen molar-refractivity contribution >= 4 is 11.8 Å². The molecule has 2 heterocycles. The second kappa shape index (κ2) is 5.24. The normalized spacial score (nSPS) is 22.3. The van der Waals surface area contributed by atoms with Crippen LogP contribution in [0.1, 0.15) is 47.4 Å². The third-order valence-corrected chi connectivity index (χ3v) is 4.04. The van der Waals surface area contributed by atoms with Crippen molar-refractivity contribution in [2.75, 3.05) is 13.2 Å². The third-order valence-electron chi connectivity index (χ3n) is 4.04. The molecule has 2 aliphatic rings. The van der Waals surface area contributed by atoms with Gasteiger partial charge >= 0.3 is 0 Å². The highest BCUT2D eigenvalue weighted by atomic mass is 16.7. The number of hydrogen-bond acceptors (Lipinski definition) is 4. The molecular weight excluding hydrogens is 270 g/mol. The number of benzene rings is 1. The average molecular weight is 289 g/mol. The van der Waals surface area contributed by atoms with Gasteiger partial charge in [-0.2, -0.15) is 0 Å². The Morgan fingerprint density at radius 3 is 2.19 bits per heavy atom. The predicted molar refractivity (Wildman–Crippen MR) is 75.9 cm³/mol. The minimum Gasteiger partial charge on any atom is -0.350 e. The maximum atomic E-state index is 12.4. The molecule has 112 valence electrons. The lowest BCUT2D eigenvalue weighted by Crippen LogP contribution is -2.46. The summed E-state index contributed by atoms with van der Waals surface area (Å²) in [6.45, 7) is 5.01. The highest BCUT2D eigenvalue weighted by molar-refractivity contribution is 6.21. The van der Waals surface area contributed by atoms with Crippen molar-refractivity contribution in [3.63, 3.8) is 0 Å². The maximum Gasteiger partial charge on any atom is 0.261 e. The van der Waals surface area contributed by atoms with Crippen molar-refractivity contribution in [2.45, 2.75) is 38.5 Å². The molecule has 5 heteroatoms. The number of nitrogens with zero attached hydrogens (tertiary/aromatic N) is 1. The highest BCUT2D eigenvalue weighted by Crippen LogP contribution is 2.30. The van der Waals surface area contributed by atoms with Crippen LogP contribution in [0.25, 0.3) is 0 Å². The van der Waals surface area contributed by atoms with Gasteiger partial charge in [0, 0.05) is 12.5 Å². The van der Waals surface area contributed by atoms with Gasteiger partial charge in [0.2, 0.25) is 0 Å². The standard InChI is InChI=1S/C16H19NO4/c1-11(10-16(2)20-8-5-9-21-16)17-14(18)12-6-3-4-7-13(12)15(17)19/h3-4,6-7,11H,5,8-10H2,1-2H3/t11-/m1/s1. The summed E-state index contributed by atoms with van der Waals surface area (Å²) in [6.07, 6.45) is 1.34. The molecule has 2 aliphatic heterocycles. The first kappa shape index (κ1) is 14.2. The smallest absolute Gasteiger partial charge is 0.261 e. The van der Waals surface area contributed by atoms with Crippen LogP contribution in [-0.4, -0.2) is 41.8 Å². The summed E-state index contributed by atoms with van der Waals surface area (Å²) in [5.74, 6) is -1.20. The molecule has 1 atom stereocenters. The number of carbonyl (C=O) groups excluding carboxylic acids is 2. The van der Waals surface area contributed by atoms with Crippen LogP contribution in [0.15, 0.2) is 24.3 Å². The Labute approximate surface area is 123 Å². The Balaban J connectivity index is 1.78. The lowest BCUT2D eigenvalue weighted by atomic mass is 10.1. The quantitative estimate of drug-likeness (QED) is 0.801. The minimum absolute atomic E-state index is 0.234. The van der Waals surface area contributed by atoms with E-state index < -0.39 is 5.79 Å². The zero-order valence-corrected chi connectivity index (χ0v) is 12.3. The molecule has 0 radical (unpaired) electrons. The van der Waals surface area contributed by atoms with Gasteiger partial charge in [-0.1, -0.05) is 12.1 Å². The molecular formula is C16H19NO4. The Kier molecular flexibility index (Phi) is 3.55. The Morgan fingerprint density at radius 2 is 1.67 bits per heavy atom. The molecule has 1 saturated heterocycles. The fourth-order valence-corrected chi connectivity index (χ4v) is 3.03. The molecule has 2 amide bonds. The van der Waals surface area contributed by atoms with Crippen molar-refractivity contribution in [3.8, 4) is 0 Å².